The van der Waals surface area contributed by atoms with Crippen molar-refractivity contribution in [2.45, 2.75) is 6.42 Å². The first-order valence-electron chi connectivity index (χ1n) is 6.68. The molecule has 8 heteroatoms. The van der Waals surface area contributed by atoms with Gasteiger partial charge in [0.05, 0.1) is 23.1 Å². The van der Waals surface area contributed by atoms with Crippen LogP contribution in [0.3, 0.4) is 0 Å². The van der Waals surface area contributed by atoms with Crippen LogP contribution in [0.4, 0.5) is 0 Å². The Kier molecular flexibility index (Phi) is 6.42. The molecule has 24 heavy (non-hydrogen) atoms. The first kappa shape index (κ1) is 18.6. The SMILES string of the molecule is CNC(=O)Cc1cccc(C(=O)O)ccc(C(=O)O)cc1C(=O)O. The number of nitrogens with one attached hydrogen (secondary N) is 1. The van der Waals surface area contributed by atoms with E-state index >= 15 is 0 Å². The summed E-state index contributed by atoms with van der Waals surface area (Å²) < 4.78 is 0. The summed E-state index contributed by atoms with van der Waals surface area (Å²) in [6.45, 7) is 0. The lowest BCUT2D eigenvalue weighted by molar-refractivity contribution is -0.119. The fourth-order valence-electron chi connectivity index (χ4n) is 1.78. The van der Waals surface area contributed by atoms with Crippen LogP contribution in [-0.2, 0) is 11.2 Å². The lowest BCUT2D eigenvalue weighted by Gasteiger charge is -2.04. The smallest absolute Gasteiger partial charge is 0.336 e. The zero-order valence-electron chi connectivity index (χ0n) is 12.6. The highest BCUT2D eigenvalue weighted by Crippen LogP contribution is 2.11. The number of rotatable bonds is 5. The zero-order valence-corrected chi connectivity index (χ0v) is 12.6. The van der Waals surface area contributed by atoms with Crippen LogP contribution in [0.15, 0.2) is 36.4 Å². The van der Waals surface area contributed by atoms with Crippen molar-refractivity contribution in [2.75, 3.05) is 7.05 Å². The molecule has 1 rings (SSSR count). The van der Waals surface area contributed by atoms with Gasteiger partial charge in [0, 0.05) is 7.05 Å². The van der Waals surface area contributed by atoms with Crippen molar-refractivity contribution in [2.24, 2.45) is 0 Å². The molecule has 0 saturated carbocycles. The Labute approximate surface area is 136 Å². The summed E-state index contributed by atoms with van der Waals surface area (Å²) in [5.41, 5.74) is -0.957. The lowest BCUT2D eigenvalue weighted by atomic mass is 10.0. The van der Waals surface area contributed by atoms with E-state index in [9.17, 15) is 24.3 Å². The van der Waals surface area contributed by atoms with E-state index in [0.717, 1.165) is 18.2 Å². The van der Waals surface area contributed by atoms with Gasteiger partial charge in [0.2, 0.25) is 5.91 Å². The van der Waals surface area contributed by atoms with Crippen LogP contribution < -0.4 is 5.32 Å². The van der Waals surface area contributed by atoms with Gasteiger partial charge < -0.3 is 20.6 Å². The Balaban J connectivity index is 3.80. The molecule has 0 saturated heterocycles. The number of carboxylic acid groups (broad SMARTS) is 3. The molecule has 1 amide bonds. The molecule has 0 aromatic heterocycles. The molecule has 0 spiro atoms. The van der Waals surface area contributed by atoms with Gasteiger partial charge in [0.15, 0.2) is 0 Å². The average Bonchev–Trinajstić information content (AvgIpc) is 2.51. The monoisotopic (exact) mass is 333 g/mol. The highest BCUT2D eigenvalue weighted by molar-refractivity contribution is 5.95. The van der Waals surface area contributed by atoms with Crippen molar-refractivity contribution in [1.29, 1.82) is 0 Å². The molecule has 4 N–H and O–H groups in total. The van der Waals surface area contributed by atoms with E-state index in [0.29, 0.717) is 0 Å². The quantitative estimate of drug-likeness (QED) is 0.634. The van der Waals surface area contributed by atoms with Crippen LogP contribution in [0.5, 0.6) is 0 Å². The third-order valence-electron chi connectivity index (χ3n) is 3.02. The van der Waals surface area contributed by atoms with Gasteiger partial charge in [-0.2, -0.15) is 0 Å². The van der Waals surface area contributed by atoms with Crippen LogP contribution in [0.25, 0.3) is 0 Å². The molecular formula is C16H15NO7. The molecule has 0 bridgehead atoms. The van der Waals surface area contributed by atoms with Crippen molar-refractivity contribution in [1.82, 2.24) is 5.32 Å². The minimum Gasteiger partial charge on any atom is -0.478 e. The van der Waals surface area contributed by atoms with E-state index < -0.39 is 29.4 Å². The molecule has 0 radical (unpaired) electrons. The third-order valence-corrected chi connectivity index (χ3v) is 3.02. The van der Waals surface area contributed by atoms with E-state index in [1.54, 1.807) is 0 Å². The second kappa shape index (κ2) is 8.28. The van der Waals surface area contributed by atoms with Crippen LogP contribution >= 0.6 is 0 Å². The molecule has 0 heterocycles. The molecule has 0 unspecified atom stereocenters. The van der Waals surface area contributed by atoms with Crippen molar-refractivity contribution < 1.29 is 34.5 Å². The molecule has 1 aromatic carbocycles. The molecule has 0 aliphatic carbocycles. The topological polar surface area (TPSA) is 141 Å². The molecule has 0 aliphatic rings. The second-order valence-corrected chi connectivity index (χ2v) is 4.62. The average molecular weight is 333 g/mol. The van der Waals surface area contributed by atoms with E-state index in [1.165, 1.54) is 25.2 Å². The number of hydrogen-bond donors (Lipinski definition) is 4. The maximum absolute atomic E-state index is 11.6. The van der Waals surface area contributed by atoms with Gasteiger partial charge in [-0.25, -0.2) is 14.4 Å². The van der Waals surface area contributed by atoms with Crippen molar-refractivity contribution >= 4 is 23.8 Å². The van der Waals surface area contributed by atoms with Gasteiger partial charge in [0.25, 0.3) is 0 Å². The summed E-state index contributed by atoms with van der Waals surface area (Å²) in [7, 11) is 1.37. The summed E-state index contributed by atoms with van der Waals surface area (Å²) in [6, 6.07) is 6.64. The van der Waals surface area contributed by atoms with Crippen LogP contribution in [-0.4, -0.2) is 46.2 Å². The summed E-state index contributed by atoms with van der Waals surface area (Å²) in [5, 5.41) is 29.9. The third kappa shape index (κ3) is 5.09. The Morgan fingerprint density at radius 1 is 0.875 bits per heavy atom. The highest BCUT2D eigenvalue weighted by Gasteiger charge is 2.13. The Bertz CT molecular complexity index is 754. The zero-order chi connectivity index (χ0) is 18.3. The predicted octanol–water partition coefficient (Wildman–Crippen LogP) is 1.19. The predicted molar refractivity (Wildman–Crippen MR) is 82.7 cm³/mol. The van der Waals surface area contributed by atoms with Gasteiger partial charge in [-0.05, 0) is 29.8 Å². The van der Waals surface area contributed by atoms with Gasteiger partial charge in [-0.1, -0.05) is 12.1 Å². The Morgan fingerprint density at radius 2 is 1.46 bits per heavy atom. The van der Waals surface area contributed by atoms with E-state index in [4.69, 9.17) is 10.2 Å². The number of carbonyl (C=O) groups is 4. The lowest BCUT2D eigenvalue weighted by Crippen LogP contribution is -2.21. The van der Waals surface area contributed by atoms with Gasteiger partial charge >= 0.3 is 17.9 Å². The number of carboxylic acids is 3. The van der Waals surface area contributed by atoms with E-state index in [-0.39, 0.29) is 23.1 Å². The first-order valence-corrected chi connectivity index (χ1v) is 6.68. The number of likely N-dealkylation sites (N-methyl/N-ethyl adjacent to an activating group) is 1. The Morgan fingerprint density at radius 3 is 1.96 bits per heavy atom. The van der Waals surface area contributed by atoms with Crippen LogP contribution in [0.2, 0.25) is 0 Å². The molecule has 0 atom stereocenters. The molecule has 0 aliphatic heterocycles. The largest absolute Gasteiger partial charge is 0.478 e. The molecule has 126 valence electrons. The maximum Gasteiger partial charge on any atom is 0.336 e. The number of carbonyl (C=O) groups excluding carboxylic acids is 1. The first-order chi connectivity index (χ1) is 11.3. The standard InChI is InChI=1S/C16H15NO7/c1-17-13(18)8-10-4-2-3-9(14(19)20)5-6-11(15(21)22)7-12(10)16(23)24/h2-7H,8H2,1H3,(H,17,18)(H,19,20)(H,21,22)(H,23,24). The van der Waals surface area contributed by atoms with E-state index in [1.807, 2.05) is 0 Å². The van der Waals surface area contributed by atoms with Crippen molar-refractivity contribution in [3.05, 3.63) is 58.7 Å². The van der Waals surface area contributed by atoms with E-state index in [2.05, 4.69) is 5.32 Å². The van der Waals surface area contributed by atoms with Crippen molar-refractivity contribution in [3.8, 4) is 0 Å². The normalized spacial score (nSPS) is 9.54. The fraction of sp³-hybridized carbons (Fsp3) is 0.125. The summed E-state index contributed by atoms with van der Waals surface area (Å²) in [4.78, 5) is 45.3. The minimum absolute atomic E-state index is 0.0388. The molecule has 8 nitrogen and oxygen atoms in total. The second-order valence-electron chi connectivity index (χ2n) is 4.62. The maximum atomic E-state index is 11.6. The molecular weight excluding hydrogens is 318 g/mol. The minimum atomic E-state index is -1.43. The summed E-state index contributed by atoms with van der Waals surface area (Å²) in [5.74, 6) is -4.60. The molecule has 1 aromatic rings. The highest BCUT2D eigenvalue weighted by atomic mass is 16.4. The van der Waals surface area contributed by atoms with Crippen LogP contribution in [0.1, 0.15) is 36.6 Å². The van der Waals surface area contributed by atoms with Gasteiger partial charge in [0.1, 0.15) is 0 Å². The number of aromatic carboxylic acids is 3. The number of amides is 1. The van der Waals surface area contributed by atoms with Gasteiger partial charge in [-0.3, -0.25) is 4.79 Å². The summed E-state index contributed by atoms with van der Waals surface area (Å²) in [6.07, 6.45) is -0.308. The summed E-state index contributed by atoms with van der Waals surface area (Å²) >= 11 is 0. The molecule has 0 fully saturated rings. The Hall–Kier alpha value is -3.42. The van der Waals surface area contributed by atoms with Crippen molar-refractivity contribution in [3.63, 3.8) is 0 Å². The fourth-order valence-corrected chi connectivity index (χ4v) is 1.78. The number of hydrogen-bond acceptors (Lipinski definition) is 4. The van der Waals surface area contributed by atoms with Gasteiger partial charge in [-0.15, -0.1) is 0 Å². The van der Waals surface area contributed by atoms with Crippen LogP contribution in [0, 0.1) is 0 Å².